The van der Waals surface area contributed by atoms with Crippen molar-refractivity contribution in [3.8, 4) is 0 Å². The third-order valence-corrected chi connectivity index (χ3v) is 6.95. The van der Waals surface area contributed by atoms with Crippen LogP contribution in [-0.4, -0.2) is 82.9 Å². The number of Topliss-reactive ketones (excluding diaryl/α,β-unsaturated/α-hetero) is 1. The van der Waals surface area contributed by atoms with Crippen molar-refractivity contribution < 1.29 is 28.4 Å². The van der Waals surface area contributed by atoms with Crippen LogP contribution in [0.3, 0.4) is 0 Å². The molecule has 1 aliphatic heterocycles. The molecule has 2 amide bonds. The third-order valence-electron chi connectivity index (χ3n) is 5.35. The summed E-state index contributed by atoms with van der Waals surface area (Å²) in [4.78, 5) is 50.9. The fraction of sp³-hybridized carbons (Fsp3) is 0.682. The molecule has 2 unspecified atom stereocenters. The number of epoxide rings is 1. The summed E-state index contributed by atoms with van der Waals surface area (Å²) in [5, 5.41) is 11.6. The van der Waals surface area contributed by atoms with Gasteiger partial charge in [-0.2, -0.15) is 23.5 Å². The number of ether oxygens (including phenoxy) is 1. The van der Waals surface area contributed by atoms with Gasteiger partial charge in [-0.1, -0.05) is 19.0 Å². The molecule has 0 radical (unpaired) electrons. The smallest absolute Gasteiger partial charge is 0.244 e. The monoisotopic (exact) mass is 514 g/mol. The first kappa shape index (κ1) is 28.2. The Labute approximate surface area is 208 Å². The third kappa shape index (κ3) is 7.74. The normalized spacial score (nSPS) is 20.7. The van der Waals surface area contributed by atoms with E-state index in [1.165, 1.54) is 23.5 Å². The predicted octanol–water partition coefficient (Wildman–Crippen LogP) is 1.43. The maximum atomic E-state index is 13.2. The van der Waals surface area contributed by atoms with Gasteiger partial charge in [0.15, 0.2) is 11.6 Å². The second-order valence-electron chi connectivity index (χ2n) is 8.87. The minimum absolute atomic E-state index is 0.166. The summed E-state index contributed by atoms with van der Waals surface area (Å²) in [6.45, 7) is 7.68. The van der Waals surface area contributed by atoms with Crippen LogP contribution in [0.25, 0.3) is 0 Å². The Morgan fingerprint density at radius 3 is 2.32 bits per heavy atom. The van der Waals surface area contributed by atoms with Crippen LogP contribution >= 0.6 is 23.5 Å². The Morgan fingerprint density at radius 1 is 1.21 bits per heavy atom. The lowest BCUT2D eigenvalue weighted by atomic mass is 9.93. The maximum absolute atomic E-state index is 13.2. The maximum Gasteiger partial charge on any atom is 0.244 e. The second-order valence-corrected chi connectivity index (χ2v) is 10.8. The molecule has 34 heavy (non-hydrogen) atoms. The van der Waals surface area contributed by atoms with Crippen molar-refractivity contribution in [2.75, 3.05) is 30.2 Å². The highest BCUT2D eigenvalue weighted by molar-refractivity contribution is 8.00. The zero-order valence-electron chi connectivity index (χ0n) is 20.4. The lowest BCUT2D eigenvalue weighted by Crippen LogP contribution is -2.57. The number of aryl methyl sites for hydroxylation is 1. The molecule has 0 spiro atoms. The second kappa shape index (κ2) is 12.6. The van der Waals surface area contributed by atoms with Crippen molar-refractivity contribution in [1.29, 1.82) is 0 Å². The highest BCUT2D eigenvalue weighted by atomic mass is 32.2. The molecule has 1 aliphatic rings. The number of aldehydes is 1. The first-order chi connectivity index (χ1) is 16.0. The molecule has 1 aromatic heterocycles. The summed E-state index contributed by atoms with van der Waals surface area (Å²) in [5.41, 5.74) is -0.870. The number of nitrogens with one attached hydrogen (secondary N) is 3. The molecule has 1 fully saturated rings. The van der Waals surface area contributed by atoms with Crippen LogP contribution in [0.5, 0.6) is 0 Å². The van der Waals surface area contributed by atoms with Gasteiger partial charge in [-0.05, 0) is 38.7 Å². The molecule has 1 aromatic rings. The van der Waals surface area contributed by atoms with Gasteiger partial charge in [0, 0.05) is 11.8 Å². The summed E-state index contributed by atoms with van der Waals surface area (Å²) in [6, 6.07) is -1.00. The Kier molecular flexibility index (Phi) is 10.4. The lowest BCUT2D eigenvalue weighted by molar-refractivity contribution is -0.133. The topological polar surface area (TPSA) is 143 Å². The number of ketones is 1. The number of aromatic nitrogens is 1. The molecule has 3 N–H and O–H groups in total. The van der Waals surface area contributed by atoms with E-state index in [0.29, 0.717) is 30.9 Å². The molecule has 12 heteroatoms. The molecule has 0 bridgehead atoms. The molecule has 0 saturated carbocycles. The Hall–Kier alpha value is -2.05. The van der Waals surface area contributed by atoms with E-state index in [0.717, 1.165) is 0 Å². The van der Waals surface area contributed by atoms with Crippen LogP contribution in [0.1, 0.15) is 33.0 Å². The van der Waals surface area contributed by atoms with Gasteiger partial charge in [0.25, 0.3) is 0 Å². The number of nitrogens with zero attached hydrogens (tertiary/aromatic N) is 1. The van der Waals surface area contributed by atoms with E-state index in [9.17, 15) is 19.2 Å². The number of carbonyl (C=O) groups excluding carboxylic acids is 4. The Morgan fingerprint density at radius 2 is 1.85 bits per heavy atom. The van der Waals surface area contributed by atoms with E-state index in [4.69, 9.17) is 9.26 Å². The minimum Gasteiger partial charge on any atom is -0.361 e. The first-order valence-corrected chi connectivity index (χ1v) is 13.7. The number of amides is 2. The fourth-order valence-corrected chi connectivity index (χ4v) is 4.51. The van der Waals surface area contributed by atoms with Gasteiger partial charge in [0.2, 0.25) is 11.8 Å². The first-order valence-electron chi connectivity index (χ1n) is 11.0. The standard InChI is InChI=1S/C22H34N4O6S2/c1-12(2)7-14(19(28)22(4)11-31-22)23-20(29)15(10-33-5)24-21(30)18(16(9-27)34-6)25-17-8-13(3)32-26-17/h8-9,12,14-16,18H,7,10-11H2,1-6H3,(H,23,29)(H,24,30)(H,25,26)/t14-,15-,16?,18-,22?/m0/s1. The van der Waals surface area contributed by atoms with Gasteiger partial charge in [-0.3, -0.25) is 14.4 Å². The van der Waals surface area contributed by atoms with Crippen LogP contribution < -0.4 is 16.0 Å². The Balaban J connectivity index is 2.16. The molecule has 1 saturated heterocycles. The average Bonchev–Trinajstić information content (AvgIpc) is 3.40. The zero-order chi connectivity index (χ0) is 25.5. The molecule has 0 aromatic carbocycles. The van der Waals surface area contributed by atoms with Gasteiger partial charge >= 0.3 is 0 Å². The molecule has 5 atom stereocenters. The summed E-state index contributed by atoms with van der Waals surface area (Å²) in [5.74, 6) is 0.133. The number of rotatable bonds is 15. The van der Waals surface area contributed by atoms with E-state index in [-0.39, 0.29) is 17.5 Å². The van der Waals surface area contributed by atoms with E-state index < -0.39 is 40.8 Å². The quantitative estimate of drug-likeness (QED) is 0.232. The van der Waals surface area contributed by atoms with E-state index >= 15 is 0 Å². The molecular formula is C22H34N4O6S2. The van der Waals surface area contributed by atoms with Crippen molar-refractivity contribution in [3.05, 3.63) is 11.8 Å². The lowest BCUT2D eigenvalue weighted by Gasteiger charge is -2.27. The van der Waals surface area contributed by atoms with Gasteiger partial charge in [0.1, 0.15) is 29.7 Å². The van der Waals surface area contributed by atoms with Crippen LogP contribution in [0.2, 0.25) is 0 Å². The Bertz CT molecular complexity index is 873. The molecule has 2 rings (SSSR count). The van der Waals surface area contributed by atoms with Crippen molar-refractivity contribution in [3.63, 3.8) is 0 Å². The van der Waals surface area contributed by atoms with Crippen molar-refractivity contribution in [1.82, 2.24) is 15.8 Å². The van der Waals surface area contributed by atoms with E-state index in [2.05, 4.69) is 21.1 Å². The average molecular weight is 515 g/mol. The fourth-order valence-electron chi connectivity index (χ4n) is 3.37. The van der Waals surface area contributed by atoms with Crippen molar-refractivity contribution in [2.45, 2.75) is 63.1 Å². The number of anilines is 1. The van der Waals surface area contributed by atoms with Gasteiger partial charge in [-0.25, -0.2) is 0 Å². The van der Waals surface area contributed by atoms with Gasteiger partial charge < -0.3 is 30.0 Å². The molecular weight excluding hydrogens is 480 g/mol. The van der Waals surface area contributed by atoms with Crippen LogP contribution in [0.15, 0.2) is 10.6 Å². The SMILES string of the molecule is CSC[C@H](NC(=O)[C@@H](Nc1cc(C)on1)C(C=O)SC)C(=O)N[C@@H](CC(C)C)C(=O)C1(C)CO1. The van der Waals surface area contributed by atoms with Crippen molar-refractivity contribution in [2.24, 2.45) is 5.92 Å². The predicted molar refractivity (Wildman–Crippen MR) is 133 cm³/mol. The van der Waals surface area contributed by atoms with Gasteiger partial charge in [-0.15, -0.1) is 0 Å². The van der Waals surface area contributed by atoms with E-state index in [1.54, 1.807) is 26.2 Å². The largest absolute Gasteiger partial charge is 0.361 e. The molecule has 0 aliphatic carbocycles. The van der Waals surface area contributed by atoms with Crippen LogP contribution in [-0.2, 0) is 23.9 Å². The summed E-state index contributed by atoms with van der Waals surface area (Å²) in [7, 11) is 0. The summed E-state index contributed by atoms with van der Waals surface area (Å²) >= 11 is 2.58. The van der Waals surface area contributed by atoms with Crippen LogP contribution in [0, 0.1) is 12.8 Å². The van der Waals surface area contributed by atoms with Crippen LogP contribution in [0.4, 0.5) is 5.82 Å². The number of thioether (sulfide) groups is 2. The minimum atomic E-state index is -0.985. The molecule has 2 heterocycles. The molecule has 190 valence electrons. The van der Waals surface area contributed by atoms with E-state index in [1.807, 2.05) is 20.1 Å². The number of hydrogen-bond acceptors (Lipinski definition) is 10. The van der Waals surface area contributed by atoms with Crippen molar-refractivity contribution >= 4 is 53.2 Å². The highest BCUT2D eigenvalue weighted by Crippen LogP contribution is 2.29. The zero-order valence-corrected chi connectivity index (χ0v) is 22.0. The number of hydrogen-bond donors (Lipinski definition) is 3. The number of carbonyl (C=O) groups is 4. The highest BCUT2D eigenvalue weighted by Gasteiger charge is 2.50. The summed E-state index contributed by atoms with van der Waals surface area (Å²) in [6.07, 6.45) is 4.65. The molecule has 10 nitrogen and oxygen atoms in total. The van der Waals surface area contributed by atoms with Gasteiger partial charge in [0.05, 0.1) is 17.9 Å². The summed E-state index contributed by atoms with van der Waals surface area (Å²) < 4.78 is 10.3.